The van der Waals surface area contributed by atoms with Crippen LogP contribution in [0.3, 0.4) is 0 Å². The molecule has 0 unspecified atom stereocenters. The minimum atomic E-state index is -0.0776. The highest BCUT2D eigenvalue weighted by Crippen LogP contribution is 2.41. The van der Waals surface area contributed by atoms with Gasteiger partial charge in [-0.15, -0.1) is 0 Å². The van der Waals surface area contributed by atoms with E-state index < -0.39 is 0 Å². The molecule has 164 valence electrons. The van der Waals surface area contributed by atoms with Gasteiger partial charge in [-0.2, -0.15) is 10.4 Å². The number of H-pyrrole nitrogens is 1. The van der Waals surface area contributed by atoms with Gasteiger partial charge in [0.1, 0.15) is 6.07 Å². The quantitative estimate of drug-likeness (QED) is 0.460. The maximum Gasteiger partial charge on any atom is 0.246 e. The summed E-state index contributed by atoms with van der Waals surface area (Å²) >= 11 is 6.95. The van der Waals surface area contributed by atoms with Crippen molar-refractivity contribution in [3.05, 3.63) is 65.5 Å². The third kappa shape index (κ3) is 3.40. The number of aryl methyl sites for hydroxylation is 1. The molecule has 2 aromatic carbocycles. The smallest absolute Gasteiger partial charge is 0.246 e. The molecule has 0 bridgehead atoms. The molecule has 0 atom stereocenters. The molecule has 1 saturated heterocycles. The highest BCUT2D eigenvalue weighted by atomic mass is 35.5. The lowest BCUT2D eigenvalue weighted by Gasteiger charge is -2.36. The number of piperazine rings is 1. The Morgan fingerprint density at radius 2 is 1.97 bits per heavy atom. The number of amides is 1. The van der Waals surface area contributed by atoms with Crippen molar-refractivity contribution in [2.24, 2.45) is 0 Å². The molecule has 0 radical (unpaired) electrons. The molecule has 3 heterocycles. The van der Waals surface area contributed by atoms with Crippen LogP contribution in [-0.4, -0.2) is 52.2 Å². The maximum absolute atomic E-state index is 12.0. The van der Waals surface area contributed by atoms with Crippen LogP contribution in [0.25, 0.3) is 32.9 Å². The first-order chi connectivity index (χ1) is 16.0. The van der Waals surface area contributed by atoms with Crippen molar-refractivity contribution in [3.63, 3.8) is 0 Å². The number of halogens is 1. The second kappa shape index (κ2) is 8.23. The summed E-state index contributed by atoms with van der Waals surface area (Å²) in [7, 11) is 0. The second-order valence-corrected chi connectivity index (χ2v) is 8.44. The number of carbonyl (C=O) groups excluding carboxylic acids is 1. The summed E-state index contributed by atoms with van der Waals surface area (Å²) in [6.45, 7) is 7.96. The summed E-state index contributed by atoms with van der Waals surface area (Å²) in [5.74, 6) is -0.0776. The predicted molar refractivity (Wildman–Crippen MR) is 130 cm³/mol. The van der Waals surface area contributed by atoms with Crippen LogP contribution in [0.4, 0.5) is 5.69 Å². The molecule has 1 aliphatic rings. The Kier molecular flexibility index (Phi) is 5.23. The molecule has 8 heteroatoms. The number of fused-ring (bicyclic) bond motifs is 2. The summed E-state index contributed by atoms with van der Waals surface area (Å²) in [4.78, 5) is 20.4. The van der Waals surface area contributed by atoms with E-state index in [0.29, 0.717) is 42.3 Å². The van der Waals surface area contributed by atoms with Crippen LogP contribution in [0.2, 0.25) is 5.02 Å². The van der Waals surface area contributed by atoms with E-state index in [4.69, 9.17) is 11.6 Å². The van der Waals surface area contributed by atoms with E-state index >= 15 is 0 Å². The van der Waals surface area contributed by atoms with E-state index in [2.05, 4.69) is 32.7 Å². The fraction of sp³-hybridized carbons (Fsp3) is 0.200. The SMILES string of the molecule is C=CC(=O)N1CCN(c2c(C#N)cnc3c(Cl)c(-c4c(C)ccc5[nH]ncc45)ccc23)CC1. The van der Waals surface area contributed by atoms with Gasteiger partial charge in [-0.05, 0) is 36.3 Å². The van der Waals surface area contributed by atoms with Crippen molar-refractivity contribution in [3.8, 4) is 17.2 Å². The zero-order valence-corrected chi connectivity index (χ0v) is 18.9. The summed E-state index contributed by atoms with van der Waals surface area (Å²) < 4.78 is 0. The Hall–Kier alpha value is -3.89. The molecule has 33 heavy (non-hydrogen) atoms. The number of rotatable bonds is 3. The maximum atomic E-state index is 12.0. The number of pyridine rings is 1. The average Bonchev–Trinajstić information content (AvgIpc) is 3.32. The molecule has 2 aromatic heterocycles. The van der Waals surface area contributed by atoms with Gasteiger partial charge in [0.15, 0.2) is 0 Å². The third-order valence-corrected chi connectivity index (χ3v) is 6.64. The van der Waals surface area contributed by atoms with Crippen molar-refractivity contribution in [2.75, 3.05) is 31.1 Å². The lowest BCUT2D eigenvalue weighted by Crippen LogP contribution is -2.48. The van der Waals surface area contributed by atoms with E-state index in [0.717, 1.165) is 38.7 Å². The second-order valence-electron chi connectivity index (χ2n) is 8.06. The number of nitrogens with zero attached hydrogens (tertiary/aromatic N) is 5. The highest BCUT2D eigenvalue weighted by Gasteiger charge is 2.25. The van der Waals surface area contributed by atoms with Crippen LogP contribution in [0.5, 0.6) is 0 Å². The number of nitriles is 1. The summed E-state index contributed by atoms with van der Waals surface area (Å²) in [5, 5.41) is 19.3. The number of anilines is 1. The topological polar surface area (TPSA) is 88.9 Å². The molecule has 0 saturated carbocycles. The largest absolute Gasteiger partial charge is 0.366 e. The number of benzene rings is 2. The first-order valence-corrected chi connectivity index (χ1v) is 11.0. The minimum absolute atomic E-state index is 0.0776. The van der Waals surface area contributed by atoms with Gasteiger partial charge in [0.05, 0.1) is 33.5 Å². The van der Waals surface area contributed by atoms with Gasteiger partial charge < -0.3 is 9.80 Å². The molecule has 1 fully saturated rings. The number of nitrogens with one attached hydrogen (secondary N) is 1. The van der Waals surface area contributed by atoms with Gasteiger partial charge in [-0.3, -0.25) is 14.9 Å². The normalized spacial score (nSPS) is 14.0. The van der Waals surface area contributed by atoms with Crippen molar-refractivity contribution < 1.29 is 4.79 Å². The van der Waals surface area contributed by atoms with Crippen LogP contribution < -0.4 is 4.90 Å². The number of carbonyl (C=O) groups is 1. The fourth-order valence-corrected chi connectivity index (χ4v) is 4.90. The third-order valence-electron chi connectivity index (χ3n) is 6.25. The van der Waals surface area contributed by atoms with E-state index in [-0.39, 0.29) is 5.91 Å². The van der Waals surface area contributed by atoms with E-state index in [9.17, 15) is 10.1 Å². The first-order valence-electron chi connectivity index (χ1n) is 10.6. The van der Waals surface area contributed by atoms with Gasteiger partial charge in [0.25, 0.3) is 0 Å². The molecule has 4 aromatic rings. The fourth-order valence-electron chi connectivity index (χ4n) is 4.60. The average molecular weight is 457 g/mol. The molecule has 7 nitrogen and oxygen atoms in total. The Balaban J connectivity index is 1.64. The molecule has 5 rings (SSSR count). The number of aromatic nitrogens is 3. The predicted octanol–water partition coefficient (Wildman–Crippen LogP) is 4.45. The lowest BCUT2D eigenvalue weighted by molar-refractivity contribution is -0.126. The van der Waals surface area contributed by atoms with Crippen molar-refractivity contribution >= 4 is 45.0 Å². The van der Waals surface area contributed by atoms with Crippen LogP contribution in [0.15, 0.2) is 49.3 Å². The van der Waals surface area contributed by atoms with Crippen LogP contribution in [0, 0.1) is 18.3 Å². The number of hydrogen-bond acceptors (Lipinski definition) is 5. The lowest BCUT2D eigenvalue weighted by atomic mass is 9.95. The summed E-state index contributed by atoms with van der Waals surface area (Å²) in [6.07, 6.45) is 4.72. The molecular formula is C25H21ClN6O. The van der Waals surface area contributed by atoms with Crippen LogP contribution in [0.1, 0.15) is 11.1 Å². The van der Waals surface area contributed by atoms with Gasteiger partial charge in [0, 0.05) is 48.7 Å². The Morgan fingerprint density at radius 3 is 2.70 bits per heavy atom. The van der Waals surface area contributed by atoms with Crippen LogP contribution >= 0.6 is 11.6 Å². The summed E-state index contributed by atoms with van der Waals surface area (Å²) in [5.41, 5.74) is 5.85. The molecule has 1 aliphatic heterocycles. The number of aromatic amines is 1. The summed E-state index contributed by atoms with van der Waals surface area (Å²) in [6, 6.07) is 10.3. The standard InChI is InChI=1S/C25H21ClN6O/c1-3-21(33)31-8-10-32(11-9-31)25-16(12-27)13-28-24-18(25)6-5-17(23(24)26)22-15(2)4-7-20-19(22)14-29-30-20/h3-7,13-14H,1,8-11H2,2H3,(H,29,30). The van der Waals surface area contributed by atoms with Gasteiger partial charge in [0.2, 0.25) is 5.91 Å². The minimum Gasteiger partial charge on any atom is -0.366 e. The molecular weight excluding hydrogens is 436 g/mol. The Bertz CT molecular complexity index is 1460. The van der Waals surface area contributed by atoms with E-state index in [1.165, 1.54) is 6.08 Å². The van der Waals surface area contributed by atoms with Crippen molar-refractivity contribution in [1.29, 1.82) is 5.26 Å². The molecule has 1 N–H and O–H groups in total. The van der Waals surface area contributed by atoms with Crippen molar-refractivity contribution in [1.82, 2.24) is 20.1 Å². The highest BCUT2D eigenvalue weighted by molar-refractivity contribution is 6.38. The zero-order valence-electron chi connectivity index (χ0n) is 18.1. The van der Waals surface area contributed by atoms with Gasteiger partial charge in [-0.1, -0.05) is 30.3 Å². The van der Waals surface area contributed by atoms with Crippen LogP contribution in [-0.2, 0) is 4.79 Å². The van der Waals surface area contributed by atoms with Gasteiger partial charge in [-0.25, -0.2) is 0 Å². The molecule has 0 spiro atoms. The zero-order chi connectivity index (χ0) is 23.1. The molecule has 1 amide bonds. The van der Waals surface area contributed by atoms with E-state index in [1.54, 1.807) is 17.3 Å². The number of hydrogen-bond donors (Lipinski definition) is 1. The Labute approximate surface area is 195 Å². The van der Waals surface area contributed by atoms with E-state index in [1.807, 2.05) is 31.2 Å². The first kappa shape index (κ1) is 21.0. The monoisotopic (exact) mass is 456 g/mol. The molecule has 0 aliphatic carbocycles. The Morgan fingerprint density at radius 1 is 1.18 bits per heavy atom. The van der Waals surface area contributed by atoms with Crippen molar-refractivity contribution in [2.45, 2.75) is 6.92 Å². The van der Waals surface area contributed by atoms with Gasteiger partial charge >= 0.3 is 0 Å².